The summed E-state index contributed by atoms with van der Waals surface area (Å²) in [4.78, 5) is 0. The van der Waals surface area contributed by atoms with Crippen molar-refractivity contribution < 1.29 is 13.5 Å². The first-order valence-corrected chi connectivity index (χ1v) is 6.05. The minimum Gasteiger partial charge on any atom is -0.489 e. The molecule has 0 saturated heterocycles. The second-order valence-corrected chi connectivity index (χ2v) is 4.06. The number of ether oxygens (including phenoxy) is 1. The first kappa shape index (κ1) is 14.0. The topological polar surface area (TPSA) is 35.2 Å². The molecule has 0 saturated carbocycles. The highest BCUT2D eigenvalue weighted by Gasteiger charge is 2.04. The van der Waals surface area contributed by atoms with Crippen molar-refractivity contribution in [2.75, 3.05) is 6.54 Å². The molecule has 2 nitrogen and oxygen atoms in total. The number of benzene rings is 2. The third-order valence-electron chi connectivity index (χ3n) is 2.58. The van der Waals surface area contributed by atoms with Crippen molar-refractivity contribution in [3.05, 3.63) is 65.2 Å². The Hall–Kier alpha value is -2.38. The van der Waals surface area contributed by atoms with E-state index in [1.165, 1.54) is 12.1 Å². The largest absolute Gasteiger partial charge is 0.489 e. The molecule has 0 spiro atoms. The summed E-state index contributed by atoms with van der Waals surface area (Å²) >= 11 is 0. The van der Waals surface area contributed by atoms with E-state index in [0.717, 1.165) is 11.6 Å². The number of rotatable bonds is 3. The van der Waals surface area contributed by atoms with Gasteiger partial charge in [-0.1, -0.05) is 17.9 Å². The summed E-state index contributed by atoms with van der Waals surface area (Å²) in [7, 11) is 0. The molecule has 0 aliphatic rings. The van der Waals surface area contributed by atoms with Gasteiger partial charge in [-0.3, -0.25) is 0 Å². The van der Waals surface area contributed by atoms with Crippen LogP contribution in [0.2, 0.25) is 0 Å². The second-order valence-electron chi connectivity index (χ2n) is 4.06. The van der Waals surface area contributed by atoms with E-state index in [9.17, 15) is 8.78 Å². The zero-order chi connectivity index (χ0) is 14.4. The summed E-state index contributed by atoms with van der Waals surface area (Å²) in [6.07, 6.45) is 0. The van der Waals surface area contributed by atoms with E-state index in [-0.39, 0.29) is 13.2 Å². The van der Waals surface area contributed by atoms with E-state index in [4.69, 9.17) is 10.5 Å². The maximum atomic E-state index is 13.4. The molecule has 0 heterocycles. The molecule has 0 radical (unpaired) electrons. The molecule has 0 bridgehead atoms. The van der Waals surface area contributed by atoms with Crippen molar-refractivity contribution in [3.63, 3.8) is 0 Å². The number of hydrogen-bond donors (Lipinski definition) is 1. The second kappa shape index (κ2) is 6.69. The lowest BCUT2D eigenvalue weighted by Gasteiger charge is -2.07. The van der Waals surface area contributed by atoms with Crippen molar-refractivity contribution in [2.24, 2.45) is 5.73 Å². The van der Waals surface area contributed by atoms with Gasteiger partial charge in [0.05, 0.1) is 6.54 Å². The number of nitrogens with two attached hydrogens (primary N) is 1. The van der Waals surface area contributed by atoms with Crippen molar-refractivity contribution in [2.45, 2.75) is 6.61 Å². The Balaban J connectivity index is 2.07. The van der Waals surface area contributed by atoms with Gasteiger partial charge in [0.1, 0.15) is 24.0 Å². The van der Waals surface area contributed by atoms with Gasteiger partial charge in [-0.05, 0) is 30.3 Å². The van der Waals surface area contributed by atoms with Crippen LogP contribution in [0.3, 0.4) is 0 Å². The van der Waals surface area contributed by atoms with E-state index in [0.29, 0.717) is 11.3 Å². The lowest BCUT2D eigenvalue weighted by molar-refractivity contribution is 0.299. The van der Waals surface area contributed by atoms with Crippen LogP contribution in [-0.4, -0.2) is 6.54 Å². The summed E-state index contributed by atoms with van der Waals surface area (Å²) < 4.78 is 31.7. The maximum Gasteiger partial charge on any atom is 0.132 e. The molecule has 0 fully saturated rings. The van der Waals surface area contributed by atoms with Gasteiger partial charge in [-0.2, -0.15) is 0 Å². The van der Waals surface area contributed by atoms with E-state index in [1.807, 2.05) is 6.07 Å². The lowest BCUT2D eigenvalue weighted by atomic mass is 10.2. The first-order valence-electron chi connectivity index (χ1n) is 6.05. The molecule has 4 heteroatoms. The van der Waals surface area contributed by atoms with Gasteiger partial charge in [0.25, 0.3) is 0 Å². The van der Waals surface area contributed by atoms with Gasteiger partial charge in [0.15, 0.2) is 0 Å². The lowest BCUT2D eigenvalue weighted by Crippen LogP contribution is -1.99. The Kier molecular flexibility index (Phi) is 4.70. The molecule has 2 aromatic carbocycles. The maximum absolute atomic E-state index is 13.4. The number of hydrogen-bond acceptors (Lipinski definition) is 2. The highest BCUT2D eigenvalue weighted by atomic mass is 19.1. The fourth-order valence-corrected chi connectivity index (χ4v) is 1.62. The molecule has 0 unspecified atom stereocenters. The van der Waals surface area contributed by atoms with Gasteiger partial charge >= 0.3 is 0 Å². The SMILES string of the molecule is NCC#Cc1cccc(OCc2ccc(F)cc2F)c1. The van der Waals surface area contributed by atoms with Crippen molar-refractivity contribution in [1.29, 1.82) is 0 Å². The smallest absolute Gasteiger partial charge is 0.132 e. The summed E-state index contributed by atoms with van der Waals surface area (Å²) in [5.74, 6) is 4.96. The van der Waals surface area contributed by atoms with Gasteiger partial charge in [0.2, 0.25) is 0 Å². The van der Waals surface area contributed by atoms with Crippen LogP contribution >= 0.6 is 0 Å². The molecular weight excluding hydrogens is 260 g/mol. The molecule has 0 atom stereocenters. The van der Waals surface area contributed by atoms with Crippen LogP contribution in [0.25, 0.3) is 0 Å². The van der Waals surface area contributed by atoms with Crippen molar-refractivity contribution in [1.82, 2.24) is 0 Å². The Morgan fingerprint density at radius 2 is 1.95 bits per heavy atom. The van der Waals surface area contributed by atoms with Crippen LogP contribution in [0, 0.1) is 23.5 Å². The highest BCUT2D eigenvalue weighted by molar-refractivity contribution is 5.40. The summed E-state index contributed by atoms with van der Waals surface area (Å²) in [5.41, 5.74) is 6.37. The zero-order valence-electron chi connectivity index (χ0n) is 10.7. The van der Waals surface area contributed by atoms with Crippen LogP contribution in [0.1, 0.15) is 11.1 Å². The van der Waals surface area contributed by atoms with E-state index in [2.05, 4.69) is 11.8 Å². The molecule has 0 amide bonds. The quantitative estimate of drug-likeness (QED) is 0.873. The fraction of sp³-hybridized carbons (Fsp3) is 0.125. The molecule has 2 aromatic rings. The van der Waals surface area contributed by atoms with E-state index >= 15 is 0 Å². The zero-order valence-corrected chi connectivity index (χ0v) is 10.7. The molecule has 102 valence electrons. The van der Waals surface area contributed by atoms with Gasteiger partial charge < -0.3 is 10.5 Å². The predicted molar refractivity (Wildman–Crippen MR) is 73.1 cm³/mol. The molecule has 0 aliphatic carbocycles. The third kappa shape index (κ3) is 3.81. The van der Waals surface area contributed by atoms with Crippen LogP contribution in [0.15, 0.2) is 42.5 Å². The van der Waals surface area contributed by atoms with Crippen molar-refractivity contribution >= 4 is 0 Å². The van der Waals surface area contributed by atoms with Crippen molar-refractivity contribution in [3.8, 4) is 17.6 Å². The van der Waals surface area contributed by atoms with Gasteiger partial charge in [-0.15, -0.1) is 0 Å². The molecule has 20 heavy (non-hydrogen) atoms. The van der Waals surface area contributed by atoms with Crippen LogP contribution in [0.5, 0.6) is 5.75 Å². The molecule has 0 aromatic heterocycles. The third-order valence-corrected chi connectivity index (χ3v) is 2.58. The Morgan fingerprint density at radius 1 is 1.10 bits per heavy atom. The summed E-state index contributed by atoms with van der Waals surface area (Å²) in [6, 6.07) is 10.5. The fourth-order valence-electron chi connectivity index (χ4n) is 1.62. The molecule has 0 aliphatic heterocycles. The Morgan fingerprint density at radius 3 is 2.70 bits per heavy atom. The van der Waals surface area contributed by atoms with Gasteiger partial charge in [0, 0.05) is 17.2 Å². The minimum atomic E-state index is -0.621. The molecule has 2 rings (SSSR count). The summed E-state index contributed by atoms with van der Waals surface area (Å²) in [6.45, 7) is 0.311. The molecule has 2 N–H and O–H groups in total. The van der Waals surface area contributed by atoms with Crippen LogP contribution in [0.4, 0.5) is 8.78 Å². The van der Waals surface area contributed by atoms with E-state index < -0.39 is 11.6 Å². The number of halogens is 2. The van der Waals surface area contributed by atoms with Gasteiger partial charge in [-0.25, -0.2) is 8.78 Å². The standard InChI is InChI=1S/C16H13F2NO/c17-14-7-6-13(16(18)10-14)11-20-15-5-1-3-12(9-15)4-2-8-19/h1,3,5-7,9-10H,8,11,19H2. The van der Waals surface area contributed by atoms with Crippen LogP contribution in [-0.2, 0) is 6.61 Å². The van der Waals surface area contributed by atoms with E-state index in [1.54, 1.807) is 18.2 Å². The highest BCUT2D eigenvalue weighted by Crippen LogP contribution is 2.16. The average molecular weight is 273 g/mol. The predicted octanol–water partition coefficient (Wildman–Crippen LogP) is 2.85. The first-order chi connectivity index (χ1) is 9.69. The minimum absolute atomic E-state index is 0.0277. The summed E-state index contributed by atoms with van der Waals surface area (Å²) in [5, 5.41) is 0. The monoisotopic (exact) mass is 273 g/mol. The Labute approximate surface area is 116 Å². The normalized spacial score (nSPS) is 9.75. The average Bonchev–Trinajstić information content (AvgIpc) is 2.45. The van der Waals surface area contributed by atoms with Crippen LogP contribution < -0.4 is 10.5 Å². The Bertz CT molecular complexity index is 659. The molecular formula is C16H13F2NO.